The topological polar surface area (TPSA) is 47.7 Å². The predicted octanol–water partition coefficient (Wildman–Crippen LogP) is 2.19. The Kier molecular flexibility index (Phi) is 4.20. The third-order valence-corrected chi connectivity index (χ3v) is 3.88. The van der Waals surface area contributed by atoms with E-state index in [0.717, 1.165) is 36.6 Å². The lowest BCUT2D eigenvalue weighted by atomic mass is 9.80. The quantitative estimate of drug-likeness (QED) is 0.885. The van der Waals surface area contributed by atoms with Crippen LogP contribution in [0.2, 0.25) is 0 Å². The van der Waals surface area contributed by atoms with Gasteiger partial charge in [-0.25, -0.2) is 0 Å². The lowest BCUT2D eigenvalue weighted by Crippen LogP contribution is -2.42. The van der Waals surface area contributed by atoms with E-state index in [1.165, 1.54) is 5.56 Å². The molecule has 1 aromatic carbocycles. The molecule has 0 heterocycles. The van der Waals surface area contributed by atoms with Gasteiger partial charge < -0.3 is 20.1 Å². The van der Waals surface area contributed by atoms with E-state index in [-0.39, 0.29) is 0 Å². The number of hydrogen-bond acceptors (Lipinski definition) is 4. The van der Waals surface area contributed by atoms with Crippen molar-refractivity contribution in [1.29, 1.82) is 0 Å². The Morgan fingerprint density at radius 3 is 2.47 bits per heavy atom. The molecule has 0 saturated heterocycles. The number of nitrogens with two attached hydrogens (primary N) is 1. The van der Waals surface area contributed by atoms with Crippen LogP contribution in [0.4, 0.5) is 5.69 Å². The summed E-state index contributed by atoms with van der Waals surface area (Å²) >= 11 is 0. The largest absolute Gasteiger partial charge is 0.497 e. The van der Waals surface area contributed by atoms with E-state index in [0.29, 0.717) is 12.0 Å². The normalized spacial score (nSPS) is 21.7. The average molecular weight is 264 g/mol. The molecule has 0 aromatic heterocycles. The van der Waals surface area contributed by atoms with Crippen molar-refractivity contribution >= 4 is 5.69 Å². The van der Waals surface area contributed by atoms with Crippen molar-refractivity contribution < 1.29 is 9.47 Å². The van der Waals surface area contributed by atoms with Gasteiger partial charge in [-0.15, -0.1) is 0 Å². The second-order valence-electron chi connectivity index (χ2n) is 5.47. The molecular formula is C15H24N2O2. The molecule has 1 fully saturated rings. The first-order chi connectivity index (χ1) is 9.05. The average Bonchev–Trinajstić information content (AvgIpc) is 2.35. The van der Waals surface area contributed by atoms with Gasteiger partial charge in [-0.1, -0.05) is 0 Å². The highest BCUT2D eigenvalue weighted by Gasteiger charge is 2.27. The van der Waals surface area contributed by atoms with Crippen molar-refractivity contribution in [3.8, 4) is 11.5 Å². The molecule has 0 unspecified atom stereocenters. The van der Waals surface area contributed by atoms with Gasteiger partial charge in [-0.2, -0.15) is 0 Å². The van der Waals surface area contributed by atoms with Gasteiger partial charge in [0.1, 0.15) is 11.5 Å². The van der Waals surface area contributed by atoms with Crippen LogP contribution in [0, 0.1) is 12.8 Å². The first kappa shape index (κ1) is 14.0. The van der Waals surface area contributed by atoms with Crippen LogP contribution in [-0.4, -0.2) is 33.9 Å². The Hall–Kier alpha value is -1.42. The Balaban J connectivity index is 2.17. The molecule has 2 N–H and O–H groups in total. The molecule has 0 radical (unpaired) electrons. The molecule has 1 aliphatic carbocycles. The van der Waals surface area contributed by atoms with E-state index in [9.17, 15) is 0 Å². The molecule has 0 aliphatic heterocycles. The van der Waals surface area contributed by atoms with Crippen LogP contribution in [0.5, 0.6) is 11.5 Å². The summed E-state index contributed by atoms with van der Waals surface area (Å²) in [5.74, 6) is 2.39. The van der Waals surface area contributed by atoms with Crippen LogP contribution in [0.3, 0.4) is 0 Å². The molecular weight excluding hydrogens is 240 g/mol. The summed E-state index contributed by atoms with van der Waals surface area (Å²) in [6, 6.07) is 4.38. The monoisotopic (exact) mass is 264 g/mol. The van der Waals surface area contributed by atoms with E-state index in [1.807, 2.05) is 12.1 Å². The second kappa shape index (κ2) is 5.70. The summed E-state index contributed by atoms with van der Waals surface area (Å²) in [7, 11) is 5.49. The minimum atomic E-state index is 0.400. The Bertz CT molecular complexity index is 442. The fraction of sp³-hybridized carbons (Fsp3) is 0.600. The number of benzene rings is 1. The third kappa shape index (κ3) is 2.95. The number of hydrogen-bond donors (Lipinski definition) is 1. The summed E-state index contributed by atoms with van der Waals surface area (Å²) < 4.78 is 10.8. The van der Waals surface area contributed by atoms with Crippen LogP contribution in [-0.2, 0) is 0 Å². The van der Waals surface area contributed by atoms with Crippen molar-refractivity contribution in [3.63, 3.8) is 0 Å². The third-order valence-electron chi connectivity index (χ3n) is 3.88. The van der Waals surface area contributed by atoms with Crippen LogP contribution in [0.25, 0.3) is 0 Å². The molecule has 0 atom stereocenters. The van der Waals surface area contributed by atoms with Crippen molar-refractivity contribution in [3.05, 3.63) is 17.7 Å². The fourth-order valence-electron chi connectivity index (χ4n) is 2.89. The predicted molar refractivity (Wildman–Crippen MR) is 78.3 cm³/mol. The zero-order valence-corrected chi connectivity index (χ0v) is 12.3. The van der Waals surface area contributed by atoms with Gasteiger partial charge in [-0.05, 0) is 37.3 Å². The number of aryl methyl sites for hydroxylation is 1. The van der Waals surface area contributed by atoms with Crippen molar-refractivity contribution in [2.45, 2.75) is 25.8 Å². The van der Waals surface area contributed by atoms with Crippen LogP contribution in [0.1, 0.15) is 18.4 Å². The zero-order valence-electron chi connectivity index (χ0n) is 12.3. The Morgan fingerprint density at radius 1 is 1.26 bits per heavy atom. The van der Waals surface area contributed by atoms with Crippen molar-refractivity contribution in [2.24, 2.45) is 11.7 Å². The molecule has 1 saturated carbocycles. The van der Waals surface area contributed by atoms with E-state index in [4.69, 9.17) is 15.2 Å². The highest BCUT2D eigenvalue weighted by Crippen LogP contribution is 2.37. The lowest BCUT2D eigenvalue weighted by Gasteiger charge is -2.36. The standard InChI is InChI=1S/C15H24N2O2/c1-10-5-13(18-3)8-14(19-4)15(10)17(2)9-11-6-12(16)7-11/h5,8,11-12H,6-7,9,16H2,1-4H3. The van der Waals surface area contributed by atoms with Gasteiger partial charge in [0.25, 0.3) is 0 Å². The zero-order chi connectivity index (χ0) is 14.0. The Morgan fingerprint density at radius 2 is 1.95 bits per heavy atom. The van der Waals surface area contributed by atoms with Gasteiger partial charge >= 0.3 is 0 Å². The van der Waals surface area contributed by atoms with Gasteiger partial charge in [0.2, 0.25) is 0 Å². The van der Waals surface area contributed by atoms with Gasteiger partial charge in [0.15, 0.2) is 0 Å². The minimum absolute atomic E-state index is 0.400. The molecule has 4 heteroatoms. The molecule has 0 bridgehead atoms. The second-order valence-corrected chi connectivity index (χ2v) is 5.47. The van der Waals surface area contributed by atoms with Gasteiger partial charge in [0.05, 0.1) is 19.9 Å². The first-order valence-electron chi connectivity index (χ1n) is 6.74. The van der Waals surface area contributed by atoms with Crippen molar-refractivity contribution in [1.82, 2.24) is 0 Å². The highest BCUT2D eigenvalue weighted by atomic mass is 16.5. The van der Waals surface area contributed by atoms with Crippen LogP contribution < -0.4 is 20.1 Å². The molecule has 1 aromatic rings. The van der Waals surface area contributed by atoms with E-state index >= 15 is 0 Å². The molecule has 0 amide bonds. The summed E-state index contributed by atoms with van der Waals surface area (Å²) in [6.45, 7) is 3.11. The number of rotatable bonds is 5. The van der Waals surface area contributed by atoms with E-state index < -0.39 is 0 Å². The van der Waals surface area contributed by atoms with Crippen LogP contribution in [0.15, 0.2) is 12.1 Å². The number of methoxy groups -OCH3 is 2. The molecule has 19 heavy (non-hydrogen) atoms. The number of ether oxygens (including phenoxy) is 2. The summed E-state index contributed by atoms with van der Waals surface area (Å²) in [6.07, 6.45) is 2.25. The SMILES string of the molecule is COc1cc(C)c(N(C)CC2CC(N)C2)c(OC)c1. The summed E-state index contributed by atoms with van der Waals surface area (Å²) in [5.41, 5.74) is 8.16. The van der Waals surface area contributed by atoms with Gasteiger partial charge in [-0.3, -0.25) is 0 Å². The fourth-order valence-corrected chi connectivity index (χ4v) is 2.89. The maximum atomic E-state index is 5.85. The summed E-state index contributed by atoms with van der Waals surface area (Å²) in [4.78, 5) is 2.27. The molecule has 1 aliphatic rings. The lowest BCUT2D eigenvalue weighted by molar-refractivity contribution is 0.270. The molecule has 4 nitrogen and oxygen atoms in total. The number of anilines is 1. The Labute approximate surface area is 115 Å². The minimum Gasteiger partial charge on any atom is -0.497 e. The first-order valence-corrected chi connectivity index (χ1v) is 6.74. The van der Waals surface area contributed by atoms with E-state index in [1.54, 1.807) is 14.2 Å². The maximum Gasteiger partial charge on any atom is 0.146 e. The molecule has 2 rings (SSSR count). The maximum absolute atomic E-state index is 5.85. The highest BCUT2D eigenvalue weighted by molar-refractivity contribution is 5.65. The number of nitrogens with zero attached hydrogens (tertiary/aromatic N) is 1. The molecule has 0 spiro atoms. The smallest absolute Gasteiger partial charge is 0.146 e. The van der Waals surface area contributed by atoms with E-state index in [2.05, 4.69) is 18.9 Å². The summed E-state index contributed by atoms with van der Waals surface area (Å²) in [5, 5.41) is 0. The van der Waals surface area contributed by atoms with Crippen molar-refractivity contribution in [2.75, 3.05) is 32.7 Å². The molecule has 106 valence electrons. The van der Waals surface area contributed by atoms with Gasteiger partial charge in [0, 0.05) is 25.7 Å². The van der Waals surface area contributed by atoms with Crippen LogP contribution >= 0.6 is 0 Å².